The maximum absolute atomic E-state index is 4.24. The molecule has 0 saturated carbocycles. The van der Waals surface area contributed by atoms with E-state index in [1.807, 2.05) is 17.8 Å². The van der Waals surface area contributed by atoms with Gasteiger partial charge in [-0.15, -0.1) is 0 Å². The molecule has 0 fully saturated rings. The number of benzene rings is 1. The number of hydrogen-bond acceptors (Lipinski definition) is 3. The number of nitrogens with one attached hydrogen (secondary N) is 2. The van der Waals surface area contributed by atoms with Gasteiger partial charge in [-0.25, -0.2) is 4.98 Å². The largest absolute Gasteiger partial charge is 0.352 e. The lowest BCUT2D eigenvalue weighted by atomic mass is 10.1. The smallest absolute Gasteiger partial charge is 0.202 e. The Kier molecular flexibility index (Phi) is 2.57. The molecule has 0 saturated heterocycles. The average molecular weight is 228 g/mol. The summed E-state index contributed by atoms with van der Waals surface area (Å²) in [5.74, 6) is 0.906. The van der Waals surface area contributed by atoms with Crippen LogP contribution in [0.1, 0.15) is 16.7 Å². The predicted molar refractivity (Wildman–Crippen MR) is 67.5 cm³/mol. The molecule has 17 heavy (non-hydrogen) atoms. The third-order valence-corrected chi connectivity index (χ3v) is 3.17. The van der Waals surface area contributed by atoms with Crippen molar-refractivity contribution in [2.24, 2.45) is 7.05 Å². The summed E-state index contributed by atoms with van der Waals surface area (Å²) in [5.41, 5.74) is 4.14. The highest BCUT2D eigenvalue weighted by molar-refractivity contribution is 5.36. The van der Waals surface area contributed by atoms with Gasteiger partial charge in [0.1, 0.15) is 0 Å². The predicted octanol–water partition coefficient (Wildman–Crippen LogP) is 1.64. The summed E-state index contributed by atoms with van der Waals surface area (Å²) in [6, 6.07) is 6.66. The second kappa shape index (κ2) is 4.22. The van der Waals surface area contributed by atoms with Gasteiger partial charge in [0.25, 0.3) is 0 Å². The Morgan fingerprint density at radius 2 is 2.24 bits per heavy atom. The van der Waals surface area contributed by atoms with Gasteiger partial charge in [0.05, 0.1) is 0 Å². The third-order valence-electron chi connectivity index (χ3n) is 3.17. The molecule has 3 rings (SSSR count). The van der Waals surface area contributed by atoms with Crippen LogP contribution in [0.4, 0.5) is 5.95 Å². The van der Waals surface area contributed by atoms with E-state index in [0.29, 0.717) is 0 Å². The van der Waals surface area contributed by atoms with Crippen LogP contribution in [0.5, 0.6) is 0 Å². The number of imidazole rings is 1. The molecule has 2 aromatic rings. The fourth-order valence-electron chi connectivity index (χ4n) is 2.18. The van der Waals surface area contributed by atoms with Gasteiger partial charge in [-0.3, -0.25) is 0 Å². The summed E-state index contributed by atoms with van der Waals surface area (Å²) in [6.07, 6.45) is 3.74. The number of anilines is 1. The molecule has 0 aliphatic carbocycles. The lowest BCUT2D eigenvalue weighted by molar-refractivity contribution is 0.764. The van der Waals surface area contributed by atoms with Crippen LogP contribution in [0.3, 0.4) is 0 Å². The monoisotopic (exact) mass is 228 g/mol. The molecule has 1 aromatic heterocycles. The van der Waals surface area contributed by atoms with Gasteiger partial charge < -0.3 is 15.2 Å². The molecule has 0 radical (unpaired) electrons. The maximum Gasteiger partial charge on any atom is 0.202 e. The van der Waals surface area contributed by atoms with Crippen molar-refractivity contribution >= 4 is 5.95 Å². The first-order valence-electron chi connectivity index (χ1n) is 5.85. The number of aromatic nitrogens is 2. The van der Waals surface area contributed by atoms with Crippen molar-refractivity contribution in [3.63, 3.8) is 0 Å². The summed E-state index contributed by atoms with van der Waals surface area (Å²) in [7, 11) is 1.99. The average Bonchev–Trinajstić information content (AvgIpc) is 2.94. The molecule has 88 valence electrons. The van der Waals surface area contributed by atoms with Crippen LogP contribution in [0.2, 0.25) is 0 Å². The molecule has 4 heteroatoms. The van der Waals surface area contributed by atoms with E-state index in [1.165, 1.54) is 16.7 Å². The van der Waals surface area contributed by atoms with E-state index in [-0.39, 0.29) is 0 Å². The van der Waals surface area contributed by atoms with E-state index < -0.39 is 0 Å². The lowest BCUT2D eigenvalue weighted by Gasteiger charge is -2.07. The zero-order chi connectivity index (χ0) is 11.7. The first-order valence-corrected chi connectivity index (χ1v) is 5.85. The summed E-state index contributed by atoms with van der Waals surface area (Å²) in [5, 5.41) is 6.69. The standard InChI is InChI=1S/C13H16N4/c1-17-5-4-15-13(17)16-7-10-2-3-11-8-14-9-12(11)6-10/h2-6,14H,7-9H2,1H3,(H,15,16). The highest BCUT2D eigenvalue weighted by Crippen LogP contribution is 2.17. The molecule has 1 aliphatic heterocycles. The maximum atomic E-state index is 4.24. The molecule has 2 heterocycles. The third kappa shape index (κ3) is 2.03. The molecule has 0 atom stereocenters. The number of aryl methyl sites for hydroxylation is 1. The quantitative estimate of drug-likeness (QED) is 0.839. The van der Waals surface area contributed by atoms with Crippen LogP contribution in [-0.4, -0.2) is 9.55 Å². The molecular weight excluding hydrogens is 212 g/mol. The minimum atomic E-state index is 0.818. The van der Waals surface area contributed by atoms with Gasteiger partial charge in [-0.2, -0.15) is 0 Å². The topological polar surface area (TPSA) is 41.9 Å². The Balaban J connectivity index is 1.72. The van der Waals surface area contributed by atoms with E-state index in [2.05, 4.69) is 33.8 Å². The van der Waals surface area contributed by atoms with Crippen LogP contribution in [0.15, 0.2) is 30.6 Å². The molecule has 0 unspecified atom stereocenters. The van der Waals surface area contributed by atoms with E-state index in [1.54, 1.807) is 6.20 Å². The highest BCUT2D eigenvalue weighted by Gasteiger charge is 2.09. The minimum absolute atomic E-state index is 0.818. The van der Waals surface area contributed by atoms with Crippen molar-refractivity contribution in [3.8, 4) is 0 Å². The van der Waals surface area contributed by atoms with Gasteiger partial charge in [-0.05, 0) is 16.7 Å². The summed E-state index contributed by atoms with van der Waals surface area (Å²) in [4.78, 5) is 4.24. The summed E-state index contributed by atoms with van der Waals surface area (Å²) >= 11 is 0. The lowest BCUT2D eigenvalue weighted by Crippen LogP contribution is -2.05. The fourth-order valence-corrected chi connectivity index (χ4v) is 2.18. The van der Waals surface area contributed by atoms with Gasteiger partial charge >= 0.3 is 0 Å². The SMILES string of the molecule is Cn1ccnc1NCc1ccc2c(c1)CNC2. The van der Waals surface area contributed by atoms with Gasteiger partial charge in [0, 0.05) is 39.1 Å². The first kappa shape index (κ1) is 10.4. The van der Waals surface area contributed by atoms with Gasteiger partial charge in [0.2, 0.25) is 5.95 Å². The van der Waals surface area contributed by atoms with Crippen molar-refractivity contribution in [3.05, 3.63) is 47.3 Å². The van der Waals surface area contributed by atoms with Crippen LogP contribution >= 0.6 is 0 Å². The van der Waals surface area contributed by atoms with E-state index >= 15 is 0 Å². The second-order valence-electron chi connectivity index (χ2n) is 4.42. The zero-order valence-corrected chi connectivity index (χ0v) is 9.90. The Bertz CT molecular complexity index is 530. The van der Waals surface area contributed by atoms with Crippen molar-refractivity contribution in [2.45, 2.75) is 19.6 Å². The zero-order valence-electron chi connectivity index (χ0n) is 9.90. The van der Waals surface area contributed by atoms with E-state index in [0.717, 1.165) is 25.6 Å². The molecule has 2 N–H and O–H groups in total. The number of rotatable bonds is 3. The van der Waals surface area contributed by atoms with E-state index in [9.17, 15) is 0 Å². The first-order chi connectivity index (χ1) is 8.33. The molecule has 0 bridgehead atoms. The van der Waals surface area contributed by atoms with Crippen LogP contribution in [0, 0.1) is 0 Å². The number of hydrogen-bond donors (Lipinski definition) is 2. The van der Waals surface area contributed by atoms with Crippen molar-refractivity contribution in [1.29, 1.82) is 0 Å². The Morgan fingerprint density at radius 3 is 3.06 bits per heavy atom. The fraction of sp³-hybridized carbons (Fsp3) is 0.308. The molecule has 1 aliphatic rings. The summed E-state index contributed by atoms with van der Waals surface area (Å²) < 4.78 is 1.98. The Labute approximate surface area is 101 Å². The minimum Gasteiger partial charge on any atom is -0.352 e. The molecule has 0 spiro atoms. The van der Waals surface area contributed by atoms with Crippen molar-refractivity contribution < 1.29 is 0 Å². The highest BCUT2D eigenvalue weighted by atomic mass is 15.2. The molecule has 0 amide bonds. The molecule has 1 aromatic carbocycles. The second-order valence-corrected chi connectivity index (χ2v) is 4.42. The van der Waals surface area contributed by atoms with Crippen LogP contribution in [0.25, 0.3) is 0 Å². The van der Waals surface area contributed by atoms with Crippen molar-refractivity contribution in [1.82, 2.24) is 14.9 Å². The number of fused-ring (bicyclic) bond motifs is 1. The van der Waals surface area contributed by atoms with Crippen LogP contribution < -0.4 is 10.6 Å². The molecule has 4 nitrogen and oxygen atoms in total. The number of nitrogens with zero attached hydrogens (tertiary/aromatic N) is 2. The van der Waals surface area contributed by atoms with E-state index in [4.69, 9.17) is 0 Å². The van der Waals surface area contributed by atoms with Gasteiger partial charge in [-0.1, -0.05) is 18.2 Å². The van der Waals surface area contributed by atoms with Gasteiger partial charge in [0.15, 0.2) is 0 Å². The normalized spacial score (nSPS) is 13.7. The Morgan fingerprint density at radius 1 is 1.35 bits per heavy atom. The summed E-state index contributed by atoms with van der Waals surface area (Å²) in [6.45, 7) is 2.81. The molecular formula is C13H16N4. The Hall–Kier alpha value is -1.81. The van der Waals surface area contributed by atoms with Crippen molar-refractivity contribution in [2.75, 3.05) is 5.32 Å². The van der Waals surface area contributed by atoms with Crippen LogP contribution in [-0.2, 0) is 26.7 Å².